The van der Waals surface area contributed by atoms with E-state index in [1.54, 1.807) is 0 Å². The van der Waals surface area contributed by atoms with Crippen molar-refractivity contribution in [3.8, 4) is 0 Å². The lowest BCUT2D eigenvalue weighted by Crippen LogP contribution is -2.35. The molecule has 10 heteroatoms. The molecule has 0 amide bonds. The van der Waals surface area contributed by atoms with E-state index in [0.29, 0.717) is 6.08 Å². The van der Waals surface area contributed by atoms with E-state index in [0.717, 1.165) is 0 Å². The van der Waals surface area contributed by atoms with Gasteiger partial charge in [0.1, 0.15) is 10.8 Å². The van der Waals surface area contributed by atoms with Gasteiger partial charge in [0.2, 0.25) is 0 Å². The highest BCUT2D eigenvalue weighted by molar-refractivity contribution is 7.90. The van der Waals surface area contributed by atoms with Crippen LogP contribution in [0.15, 0.2) is 34.8 Å². The molecule has 0 saturated heterocycles. The molecule has 3 nitrogen and oxygen atoms in total. The SMILES string of the molecule is C=C1C=CC(S(=O)(=O)O)=C(C(F)(F)F)C1C(F)(F)F. The summed E-state index contributed by atoms with van der Waals surface area (Å²) in [5.41, 5.74) is -3.36. The van der Waals surface area contributed by atoms with Gasteiger partial charge in [0, 0.05) is 0 Å². The first kappa shape index (κ1) is 15.8. The highest BCUT2D eigenvalue weighted by Crippen LogP contribution is 2.48. The number of hydrogen-bond acceptors (Lipinski definition) is 2. The van der Waals surface area contributed by atoms with Crippen molar-refractivity contribution in [3.63, 3.8) is 0 Å². The summed E-state index contributed by atoms with van der Waals surface area (Å²) in [5, 5.41) is 0. The van der Waals surface area contributed by atoms with Crippen molar-refractivity contribution in [2.24, 2.45) is 5.92 Å². The van der Waals surface area contributed by atoms with E-state index >= 15 is 0 Å². The molecule has 1 atom stereocenters. The normalized spacial score (nSPS) is 22.1. The summed E-state index contributed by atoms with van der Waals surface area (Å²) >= 11 is 0. The van der Waals surface area contributed by atoms with E-state index in [1.807, 2.05) is 0 Å². The Hall–Kier alpha value is -1.29. The molecule has 0 aromatic carbocycles. The molecule has 0 spiro atoms. The molecule has 19 heavy (non-hydrogen) atoms. The van der Waals surface area contributed by atoms with Crippen LogP contribution < -0.4 is 0 Å². The largest absolute Gasteiger partial charge is 0.414 e. The third-order valence-corrected chi connectivity index (χ3v) is 3.20. The second kappa shape index (κ2) is 4.37. The van der Waals surface area contributed by atoms with Crippen LogP contribution in [0, 0.1) is 5.92 Å². The number of halogens is 6. The van der Waals surface area contributed by atoms with Crippen molar-refractivity contribution >= 4 is 10.1 Å². The third kappa shape index (κ3) is 3.18. The predicted octanol–water partition coefficient (Wildman–Crippen LogP) is 3.00. The molecule has 1 aliphatic carbocycles. The van der Waals surface area contributed by atoms with E-state index in [-0.39, 0.29) is 6.08 Å². The molecular formula is C9H6F6O3S. The third-order valence-electron chi connectivity index (χ3n) is 2.28. The van der Waals surface area contributed by atoms with Gasteiger partial charge in [-0.3, -0.25) is 4.55 Å². The molecule has 0 saturated carbocycles. The smallest absolute Gasteiger partial charge is 0.282 e. The summed E-state index contributed by atoms with van der Waals surface area (Å²) in [6.07, 6.45) is -10.3. The molecule has 0 bridgehead atoms. The van der Waals surface area contributed by atoms with Crippen LogP contribution in [-0.2, 0) is 10.1 Å². The molecule has 1 aliphatic rings. The van der Waals surface area contributed by atoms with Crippen LogP contribution in [0.1, 0.15) is 0 Å². The zero-order valence-electron chi connectivity index (χ0n) is 8.88. The van der Waals surface area contributed by atoms with E-state index in [2.05, 4.69) is 6.58 Å². The molecule has 0 aromatic heterocycles. The van der Waals surface area contributed by atoms with Gasteiger partial charge in [-0.05, 0) is 11.6 Å². The fourth-order valence-corrected chi connectivity index (χ4v) is 2.35. The molecule has 0 radical (unpaired) electrons. The van der Waals surface area contributed by atoms with Gasteiger partial charge < -0.3 is 0 Å². The zero-order valence-corrected chi connectivity index (χ0v) is 9.70. The first-order valence-corrected chi connectivity index (χ1v) is 5.92. The monoisotopic (exact) mass is 308 g/mol. The molecular weight excluding hydrogens is 302 g/mol. The van der Waals surface area contributed by atoms with Crippen LogP contribution in [0.3, 0.4) is 0 Å². The molecule has 108 valence electrons. The van der Waals surface area contributed by atoms with Crippen LogP contribution in [0.2, 0.25) is 0 Å². The summed E-state index contributed by atoms with van der Waals surface area (Å²) in [5.74, 6) is -3.23. The first-order valence-electron chi connectivity index (χ1n) is 4.48. The molecule has 1 N–H and O–H groups in total. The maximum Gasteiger partial charge on any atom is 0.414 e. The van der Waals surface area contributed by atoms with Gasteiger partial charge in [0.15, 0.2) is 0 Å². The van der Waals surface area contributed by atoms with Gasteiger partial charge in [-0.1, -0.05) is 12.7 Å². The summed E-state index contributed by atoms with van der Waals surface area (Å²) in [4.78, 5) is -1.82. The Bertz CT molecular complexity index is 564. The molecule has 1 rings (SSSR count). The van der Waals surface area contributed by atoms with Crippen molar-refractivity contribution in [1.82, 2.24) is 0 Å². The van der Waals surface area contributed by atoms with E-state index in [1.165, 1.54) is 0 Å². The van der Waals surface area contributed by atoms with Gasteiger partial charge in [0.05, 0.1) is 5.57 Å². The molecule has 0 aromatic rings. The standard InChI is InChI=1S/C9H6F6O3S/c1-4-2-3-5(19(16,17)18)7(9(13,14)15)6(4)8(10,11)12/h2-3,6H,1H2,(H,16,17,18). The van der Waals surface area contributed by atoms with Crippen molar-refractivity contribution in [1.29, 1.82) is 0 Å². The quantitative estimate of drug-likeness (QED) is 0.598. The van der Waals surface area contributed by atoms with Crippen molar-refractivity contribution in [2.45, 2.75) is 12.4 Å². The van der Waals surface area contributed by atoms with Crippen molar-refractivity contribution in [2.75, 3.05) is 0 Å². The van der Waals surface area contributed by atoms with Crippen molar-refractivity contribution < 1.29 is 39.3 Å². The number of hydrogen-bond donors (Lipinski definition) is 1. The Labute approximate surface area is 103 Å². The first-order chi connectivity index (χ1) is 8.26. The lowest BCUT2D eigenvalue weighted by atomic mass is 9.86. The van der Waals surface area contributed by atoms with Crippen LogP contribution in [0.5, 0.6) is 0 Å². The minimum Gasteiger partial charge on any atom is -0.282 e. The Morgan fingerprint density at radius 2 is 1.58 bits per heavy atom. The molecule has 0 fully saturated rings. The second-order valence-electron chi connectivity index (χ2n) is 3.63. The maximum atomic E-state index is 12.7. The lowest BCUT2D eigenvalue weighted by molar-refractivity contribution is -0.176. The summed E-state index contributed by atoms with van der Waals surface area (Å²) < 4.78 is 106. The van der Waals surface area contributed by atoms with Crippen LogP contribution in [-0.4, -0.2) is 25.3 Å². The number of alkyl halides is 6. The van der Waals surface area contributed by atoms with E-state index < -0.39 is 44.4 Å². The van der Waals surface area contributed by atoms with Crippen LogP contribution in [0.25, 0.3) is 0 Å². The average molecular weight is 308 g/mol. The minimum absolute atomic E-state index is 0.239. The van der Waals surface area contributed by atoms with Gasteiger partial charge in [0.25, 0.3) is 10.1 Å². The Kier molecular flexibility index (Phi) is 3.63. The predicted molar refractivity (Wildman–Crippen MR) is 52.5 cm³/mol. The van der Waals surface area contributed by atoms with Crippen LogP contribution in [0.4, 0.5) is 26.3 Å². The number of allylic oxidation sites excluding steroid dienone is 4. The Morgan fingerprint density at radius 3 is 1.89 bits per heavy atom. The fourth-order valence-electron chi connectivity index (χ4n) is 1.60. The van der Waals surface area contributed by atoms with Gasteiger partial charge in [-0.2, -0.15) is 34.8 Å². The minimum atomic E-state index is -5.58. The maximum absolute atomic E-state index is 12.7. The zero-order chi connectivity index (χ0) is 15.2. The second-order valence-corrected chi connectivity index (χ2v) is 5.02. The van der Waals surface area contributed by atoms with Crippen molar-refractivity contribution in [3.05, 3.63) is 34.8 Å². The average Bonchev–Trinajstić information content (AvgIpc) is 2.11. The van der Waals surface area contributed by atoms with Crippen LogP contribution >= 0.6 is 0 Å². The van der Waals surface area contributed by atoms with E-state index in [4.69, 9.17) is 4.55 Å². The Balaban J connectivity index is 3.70. The molecule has 1 unspecified atom stereocenters. The highest BCUT2D eigenvalue weighted by Gasteiger charge is 2.55. The molecule has 0 aliphatic heterocycles. The topological polar surface area (TPSA) is 54.4 Å². The summed E-state index contributed by atoms with van der Waals surface area (Å²) in [6, 6.07) is 0. The number of rotatable bonds is 1. The van der Waals surface area contributed by atoms with Gasteiger partial charge >= 0.3 is 12.4 Å². The Morgan fingerprint density at radius 1 is 1.11 bits per heavy atom. The lowest BCUT2D eigenvalue weighted by Gasteiger charge is -2.29. The molecule has 0 heterocycles. The highest BCUT2D eigenvalue weighted by atomic mass is 32.2. The summed E-state index contributed by atoms with van der Waals surface area (Å²) in [7, 11) is -5.44. The van der Waals surface area contributed by atoms with E-state index in [9.17, 15) is 34.8 Å². The van der Waals surface area contributed by atoms with Gasteiger partial charge in [-0.15, -0.1) is 0 Å². The van der Waals surface area contributed by atoms with Gasteiger partial charge in [-0.25, -0.2) is 0 Å². The fraction of sp³-hybridized carbons (Fsp3) is 0.333. The summed E-state index contributed by atoms with van der Waals surface area (Å²) in [6.45, 7) is 2.82.